The summed E-state index contributed by atoms with van der Waals surface area (Å²) >= 11 is 0. The van der Waals surface area contributed by atoms with Crippen molar-refractivity contribution in [3.8, 4) is 0 Å². The van der Waals surface area contributed by atoms with E-state index in [1.807, 2.05) is 0 Å². The van der Waals surface area contributed by atoms with Gasteiger partial charge in [0, 0.05) is 19.9 Å². The number of carbonyl (C=O) groups excluding carboxylic acids is 4. The Balaban J connectivity index is 2.32. The molecule has 0 N–H and O–H groups in total. The molecule has 0 aromatic carbocycles. The Bertz CT molecular complexity index is 326. The monoisotopic (exact) mass is 195 g/mol. The van der Waals surface area contributed by atoms with E-state index >= 15 is 0 Å². The molecule has 74 valence electrons. The van der Waals surface area contributed by atoms with Gasteiger partial charge in [-0.2, -0.15) is 0 Å². The molecule has 5 heteroatoms. The molecule has 1 aliphatic heterocycles. The smallest absolute Gasteiger partial charge is 0.233 e. The number of hydrogen-bond acceptors (Lipinski definition) is 4. The minimum Gasteiger partial charge on any atom is -0.291 e. The molecule has 5 nitrogen and oxygen atoms in total. The Morgan fingerprint density at radius 3 is 1.64 bits per heavy atom. The molecule has 0 unspecified atom stereocenters. The molecule has 1 saturated heterocycles. The van der Waals surface area contributed by atoms with Crippen LogP contribution in [-0.4, -0.2) is 35.3 Å². The van der Waals surface area contributed by atoms with Gasteiger partial charge in [-0.1, -0.05) is 0 Å². The number of imide groups is 1. The normalized spacial score (nSPS) is 32.5. The van der Waals surface area contributed by atoms with Crippen LogP contribution in [0.5, 0.6) is 0 Å². The zero-order valence-corrected chi connectivity index (χ0v) is 7.65. The lowest BCUT2D eigenvalue weighted by Crippen LogP contribution is -2.33. The number of hydrogen-bond donors (Lipinski definition) is 0. The molecular formula is C9H9NO4. The first-order valence-corrected chi connectivity index (χ1v) is 4.40. The van der Waals surface area contributed by atoms with Crippen molar-refractivity contribution in [2.75, 3.05) is 7.05 Å². The van der Waals surface area contributed by atoms with Gasteiger partial charge in [0.25, 0.3) is 0 Å². The molecule has 1 heterocycles. The van der Waals surface area contributed by atoms with E-state index in [1.54, 1.807) is 0 Å². The highest BCUT2D eigenvalue weighted by atomic mass is 16.2. The summed E-state index contributed by atoms with van der Waals surface area (Å²) in [5.41, 5.74) is 0. The maximum absolute atomic E-state index is 11.4. The lowest BCUT2D eigenvalue weighted by Gasteiger charge is -2.17. The fraction of sp³-hybridized carbons (Fsp3) is 0.556. The SMILES string of the molecule is CN1C(=O)[C@H]2CC(=O)C(=O)C[C@H]2C1=O. The summed E-state index contributed by atoms with van der Waals surface area (Å²) in [5.74, 6) is -2.89. The average molecular weight is 195 g/mol. The second-order valence-electron chi connectivity index (χ2n) is 3.70. The number of fused-ring (bicyclic) bond motifs is 1. The maximum atomic E-state index is 11.4. The van der Waals surface area contributed by atoms with Gasteiger partial charge in [0.1, 0.15) is 0 Å². The van der Waals surface area contributed by atoms with E-state index in [4.69, 9.17) is 0 Å². The Hall–Kier alpha value is -1.52. The topological polar surface area (TPSA) is 71.5 Å². The van der Waals surface area contributed by atoms with Crippen molar-refractivity contribution in [1.29, 1.82) is 0 Å². The Morgan fingerprint density at radius 1 is 0.929 bits per heavy atom. The highest BCUT2D eigenvalue weighted by molar-refractivity contribution is 6.39. The number of ketones is 2. The molecule has 2 amide bonds. The van der Waals surface area contributed by atoms with E-state index in [-0.39, 0.29) is 24.7 Å². The first-order valence-electron chi connectivity index (χ1n) is 4.40. The van der Waals surface area contributed by atoms with Gasteiger partial charge in [-0.15, -0.1) is 0 Å². The number of carbonyl (C=O) groups is 4. The number of Topliss-reactive ketones (excluding diaryl/α,β-unsaturated/α-hetero) is 2. The fourth-order valence-electron chi connectivity index (χ4n) is 2.04. The van der Waals surface area contributed by atoms with Gasteiger partial charge < -0.3 is 0 Å². The predicted octanol–water partition coefficient (Wildman–Crippen LogP) is -0.851. The maximum Gasteiger partial charge on any atom is 0.233 e. The molecule has 2 fully saturated rings. The van der Waals surface area contributed by atoms with E-state index in [1.165, 1.54) is 7.05 Å². The summed E-state index contributed by atoms with van der Waals surface area (Å²) in [6.07, 6.45) is -0.198. The molecule has 1 saturated carbocycles. The second kappa shape index (κ2) is 2.73. The summed E-state index contributed by atoms with van der Waals surface area (Å²) in [4.78, 5) is 46.0. The molecule has 0 spiro atoms. The van der Waals surface area contributed by atoms with Crippen LogP contribution in [0.1, 0.15) is 12.8 Å². The Morgan fingerprint density at radius 2 is 1.29 bits per heavy atom. The first kappa shape index (κ1) is 9.05. The summed E-state index contributed by atoms with van der Waals surface area (Å²) in [6, 6.07) is 0. The molecule has 2 atom stereocenters. The molecule has 2 rings (SSSR count). The highest BCUT2D eigenvalue weighted by Gasteiger charge is 2.50. The van der Waals surface area contributed by atoms with Crippen LogP contribution in [0.15, 0.2) is 0 Å². The zero-order chi connectivity index (χ0) is 10.5. The van der Waals surface area contributed by atoms with Gasteiger partial charge in [0.15, 0.2) is 11.6 Å². The van der Waals surface area contributed by atoms with Crippen molar-refractivity contribution in [1.82, 2.24) is 4.90 Å². The third kappa shape index (κ3) is 1.01. The lowest BCUT2D eigenvalue weighted by molar-refractivity contribution is -0.142. The largest absolute Gasteiger partial charge is 0.291 e. The van der Waals surface area contributed by atoms with Crippen molar-refractivity contribution in [2.45, 2.75) is 12.8 Å². The van der Waals surface area contributed by atoms with Crippen LogP contribution in [0, 0.1) is 11.8 Å². The zero-order valence-electron chi connectivity index (χ0n) is 7.65. The summed E-state index contributed by atoms with van der Waals surface area (Å²) in [6.45, 7) is 0. The van der Waals surface area contributed by atoms with Gasteiger partial charge in [0.2, 0.25) is 11.8 Å². The van der Waals surface area contributed by atoms with Gasteiger partial charge in [-0.25, -0.2) is 0 Å². The van der Waals surface area contributed by atoms with Crippen LogP contribution in [-0.2, 0) is 19.2 Å². The summed E-state index contributed by atoms with van der Waals surface area (Å²) < 4.78 is 0. The third-order valence-corrected chi connectivity index (χ3v) is 2.90. The summed E-state index contributed by atoms with van der Waals surface area (Å²) in [5, 5.41) is 0. The highest BCUT2D eigenvalue weighted by Crippen LogP contribution is 2.34. The van der Waals surface area contributed by atoms with E-state index in [0.717, 1.165) is 4.90 Å². The van der Waals surface area contributed by atoms with Crippen molar-refractivity contribution in [3.63, 3.8) is 0 Å². The molecular weight excluding hydrogens is 186 g/mol. The molecule has 0 aromatic heterocycles. The molecule has 2 aliphatic rings. The number of nitrogens with zero attached hydrogens (tertiary/aromatic N) is 1. The molecule has 0 radical (unpaired) electrons. The van der Waals surface area contributed by atoms with Crippen molar-refractivity contribution >= 4 is 23.4 Å². The molecule has 14 heavy (non-hydrogen) atoms. The van der Waals surface area contributed by atoms with Crippen molar-refractivity contribution in [3.05, 3.63) is 0 Å². The van der Waals surface area contributed by atoms with Gasteiger partial charge in [0.05, 0.1) is 11.8 Å². The molecule has 0 bridgehead atoms. The molecule has 0 aromatic rings. The van der Waals surface area contributed by atoms with E-state index < -0.39 is 23.4 Å². The van der Waals surface area contributed by atoms with Gasteiger partial charge in [-0.05, 0) is 0 Å². The first-order chi connectivity index (χ1) is 6.52. The quantitative estimate of drug-likeness (QED) is 0.373. The Labute approximate surface area is 80.1 Å². The van der Waals surface area contributed by atoms with Crippen LogP contribution in [0.25, 0.3) is 0 Å². The number of amides is 2. The van der Waals surface area contributed by atoms with Crippen LogP contribution >= 0.6 is 0 Å². The van der Waals surface area contributed by atoms with Crippen LogP contribution in [0.3, 0.4) is 0 Å². The Kier molecular flexibility index (Phi) is 1.77. The summed E-state index contributed by atoms with van der Waals surface area (Å²) in [7, 11) is 1.39. The van der Waals surface area contributed by atoms with Crippen LogP contribution in [0.4, 0.5) is 0 Å². The number of likely N-dealkylation sites (tertiary alicyclic amines) is 1. The number of rotatable bonds is 0. The van der Waals surface area contributed by atoms with E-state index in [2.05, 4.69) is 0 Å². The van der Waals surface area contributed by atoms with Crippen LogP contribution < -0.4 is 0 Å². The standard InChI is InChI=1S/C9H9NO4/c1-10-8(13)4-2-6(11)7(12)3-5(4)9(10)14/h4-5H,2-3H2,1H3/t4-,5+. The van der Waals surface area contributed by atoms with Gasteiger partial charge >= 0.3 is 0 Å². The van der Waals surface area contributed by atoms with Crippen molar-refractivity contribution in [2.24, 2.45) is 11.8 Å². The van der Waals surface area contributed by atoms with E-state index in [0.29, 0.717) is 0 Å². The lowest BCUT2D eigenvalue weighted by atomic mass is 9.80. The fourth-order valence-corrected chi connectivity index (χ4v) is 2.04. The van der Waals surface area contributed by atoms with Gasteiger partial charge in [-0.3, -0.25) is 24.1 Å². The average Bonchev–Trinajstić information content (AvgIpc) is 2.34. The van der Waals surface area contributed by atoms with E-state index in [9.17, 15) is 19.2 Å². The third-order valence-electron chi connectivity index (χ3n) is 2.90. The van der Waals surface area contributed by atoms with Crippen molar-refractivity contribution < 1.29 is 19.2 Å². The predicted molar refractivity (Wildman–Crippen MR) is 44.0 cm³/mol. The molecule has 1 aliphatic carbocycles. The minimum atomic E-state index is -0.585. The second-order valence-corrected chi connectivity index (χ2v) is 3.70. The van der Waals surface area contributed by atoms with Crippen LogP contribution in [0.2, 0.25) is 0 Å². The minimum absolute atomic E-state index is 0.0988.